The van der Waals surface area contributed by atoms with Gasteiger partial charge in [-0.25, -0.2) is 9.98 Å². The van der Waals surface area contributed by atoms with Crippen LogP contribution >= 0.6 is 23.1 Å². The van der Waals surface area contributed by atoms with Crippen molar-refractivity contribution < 1.29 is 9.53 Å². The average molecular weight is 398 g/mol. The molecule has 5 nitrogen and oxygen atoms in total. The minimum Gasteiger partial charge on any atom is -0.492 e. The Labute approximate surface area is 166 Å². The van der Waals surface area contributed by atoms with E-state index in [1.54, 1.807) is 22.2 Å². The van der Waals surface area contributed by atoms with Crippen molar-refractivity contribution in [1.29, 1.82) is 0 Å². The van der Waals surface area contributed by atoms with Crippen molar-refractivity contribution in [3.05, 3.63) is 53.5 Å². The van der Waals surface area contributed by atoms with Gasteiger partial charge in [0.15, 0.2) is 5.17 Å². The second kappa shape index (κ2) is 7.70. The molecule has 0 bridgehead atoms. The fraction of sp³-hybridized carbons (Fsp3) is 0.250. The number of aromatic nitrogens is 1. The van der Waals surface area contributed by atoms with Crippen molar-refractivity contribution in [2.24, 2.45) is 4.99 Å². The third kappa shape index (κ3) is 3.57. The molecule has 0 spiro atoms. The van der Waals surface area contributed by atoms with Crippen LogP contribution in [0.25, 0.3) is 10.2 Å². The molecule has 1 aliphatic rings. The Hall–Kier alpha value is -2.38. The Morgan fingerprint density at radius 3 is 3.04 bits per heavy atom. The van der Waals surface area contributed by atoms with Gasteiger partial charge in [0.2, 0.25) is 0 Å². The number of amides is 1. The number of ether oxygens (including phenoxy) is 1. The fourth-order valence-corrected chi connectivity index (χ4v) is 4.78. The highest BCUT2D eigenvalue weighted by atomic mass is 32.2. The van der Waals surface area contributed by atoms with E-state index < -0.39 is 0 Å². The molecule has 138 valence electrons. The van der Waals surface area contributed by atoms with Crippen molar-refractivity contribution in [3.8, 4) is 5.75 Å². The van der Waals surface area contributed by atoms with Crippen molar-refractivity contribution in [2.45, 2.75) is 19.9 Å². The van der Waals surface area contributed by atoms with Gasteiger partial charge in [0.1, 0.15) is 11.4 Å². The Balaban J connectivity index is 1.69. The van der Waals surface area contributed by atoms with Gasteiger partial charge in [-0.2, -0.15) is 0 Å². The average Bonchev–Trinajstić information content (AvgIpc) is 3.29. The highest BCUT2D eigenvalue weighted by molar-refractivity contribution is 8.14. The summed E-state index contributed by atoms with van der Waals surface area (Å²) in [6.07, 6.45) is 0. The Morgan fingerprint density at radius 2 is 2.19 bits per heavy atom. The molecule has 3 aromatic rings. The van der Waals surface area contributed by atoms with Crippen LogP contribution in [0.3, 0.4) is 0 Å². The zero-order valence-corrected chi connectivity index (χ0v) is 16.7. The number of carbonyl (C=O) groups is 1. The number of benzene rings is 2. The molecule has 0 radical (unpaired) electrons. The van der Waals surface area contributed by atoms with Gasteiger partial charge in [-0.05, 0) is 44.2 Å². The SMILES string of the molecule is CCOc1ccccc1N=C1SCC(C)N1C(=O)c1ccc2ncsc2c1. The summed E-state index contributed by atoms with van der Waals surface area (Å²) in [4.78, 5) is 24.0. The van der Waals surface area contributed by atoms with E-state index in [0.717, 1.165) is 27.4 Å². The zero-order chi connectivity index (χ0) is 18.8. The first kappa shape index (κ1) is 18.0. The van der Waals surface area contributed by atoms with Gasteiger partial charge in [0, 0.05) is 17.4 Å². The summed E-state index contributed by atoms with van der Waals surface area (Å²) in [7, 11) is 0. The molecule has 1 saturated heterocycles. The van der Waals surface area contributed by atoms with Crippen LogP contribution in [0.1, 0.15) is 24.2 Å². The quantitative estimate of drug-likeness (QED) is 0.624. The molecule has 7 heteroatoms. The molecule has 1 amide bonds. The van der Waals surface area contributed by atoms with Crippen molar-refractivity contribution in [1.82, 2.24) is 9.88 Å². The minimum absolute atomic E-state index is 0.0320. The molecule has 1 aromatic heterocycles. The van der Waals surface area contributed by atoms with Crippen LogP contribution < -0.4 is 4.74 Å². The molecular formula is C20H19N3O2S2. The van der Waals surface area contributed by atoms with Gasteiger partial charge in [-0.15, -0.1) is 11.3 Å². The summed E-state index contributed by atoms with van der Waals surface area (Å²) in [6.45, 7) is 4.57. The molecule has 2 aromatic carbocycles. The van der Waals surface area contributed by atoms with Crippen molar-refractivity contribution >= 4 is 50.1 Å². The van der Waals surface area contributed by atoms with Crippen LogP contribution in [0, 0.1) is 0 Å². The Bertz CT molecular complexity index is 1020. The molecule has 2 heterocycles. The molecule has 1 atom stereocenters. The Morgan fingerprint density at radius 1 is 1.33 bits per heavy atom. The number of carbonyl (C=O) groups excluding carboxylic acids is 1. The van der Waals surface area contributed by atoms with Crippen molar-refractivity contribution in [2.75, 3.05) is 12.4 Å². The summed E-state index contributed by atoms with van der Waals surface area (Å²) < 4.78 is 6.68. The third-order valence-corrected chi connectivity index (χ3v) is 6.27. The van der Waals surface area contributed by atoms with E-state index in [4.69, 9.17) is 9.73 Å². The number of hydrogen-bond donors (Lipinski definition) is 0. The summed E-state index contributed by atoms with van der Waals surface area (Å²) >= 11 is 3.14. The second-order valence-electron chi connectivity index (χ2n) is 6.17. The lowest BCUT2D eigenvalue weighted by Gasteiger charge is -2.21. The van der Waals surface area contributed by atoms with E-state index in [-0.39, 0.29) is 11.9 Å². The minimum atomic E-state index is -0.0320. The third-order valence-electron chi connectivity index (χ3n) is 4.28. The number of fused-ring (bicyclic) bond motifs is 1. The highest BCUT2D eigenvalue weighted by Gasteiger charge is 2.33. The Kier molecular flexibility index (Phi) is 5.13. The molecule has 1 fully saturated rings. The maximum absolute atomic E-state index is 13.2. The molecule has 0 saturated carbocycles. The lowest BCUT2D eigenvalue weighted by Crippen LogP contribution is -2.37. The molecule has 1 aliphatic heterocycles. The molecule has 27 heavy (non-hydrogen) atoms. The predicted molar refractivity (Wildman–Crippen MR) is 112 cm³/mol. The number of thiazole rings is 1. The molecule has 1 unspecified atom stereocenters. The number of thioether (sulfide) groups is 1. The monoisotopic (exact) mass is 397 g/mol. The summed E-state index contributed by atoms with van der Waals surface area (Å²) in [5.74, 6) is 1.52. The lowest BCUT2D eigenvalue weighted by molar-refractivity contribution is 0.0828. The van der Waals surface area contributed by atoms with Gasteiger partial charge in [-0.3, -0.25) is 9.69 Å². The van der Waals surface area contributed by atoms with E-state index >= 15 is 0 Å². The first-order valence-electron chi connectivity index (χ1n) is 8.77. The van der Waals surface area contributed by atoms with Gasteiger partial charge < -0.3 is 4.74 Å². The van der Waals surface area contributed by atoms with Gasteiger partial charge >= 0.3 is 0 Å². The lowest BCUT2D eigenvalue weighted by atomic mass is 10.1. The van der Waals surface area contributed by atoms with Crippen LogP contribution in [-0.2, 0) is 0 Å². The first-order chi connectivity index (χ1) is 13.2. The summed E-state index contributed by atoms with van der Waals surface area (Å²) in [6, 6.07) is 13.4. The summed E-state index contributed by atoms with van der Waals surface area (Å²) in [5, 5.41) is 0.712. The number of nitrogens with zero attached hydrogens (tertiary/aromatic N) is 3. The molecule has 0 aliphatic carbocycles. The van der Waals surface area contributed by atoms with Crippen LogP contribution in [0.2, 0.25) is 0 Å². The van der Waals surface area contributed by atoms with Gasteiger partial charge in [-0.1, -0.05) is 23.9 Å². The first-order valence-corrected chi connectivity index (χ1v) is 10.6. The molecule has 0 N–H and O–H groups in total. The number of amidine groups is 1. The second-order valence-corrected chi connectivity index (χ2v) is 8.04. The van der Waals surface area contributed by atoms with Crippen LogP contribution in [-0.4, -0.2) is 39.4 Å². The van der Waals surface area contributed by atoms with E-state index in [1.165, 1.54) is 11.3 Å². The molecular weight excluding hydrogens is 378 g/mol. The van der Waals surface area contributed by atoms with E-state index in [9.17, 15) is 4.79 Å². The van der Waals surface area contributed by atoms with E-state index in [0.29, 0.717) is 17.3 Å². The highest BCUT2D eigenvalue weighted by Crippen LogP contribution is 2.33. The van der Waals surface area contributed by atoms with Crippen molar-refractivity contribution in [3.63, 3.8) is 0 Å². The number of hydrogen-bond acceptors (Lipinski definition) is 6. The van der Waals surface area contributed by atoms with E-state index in [1.807, 2.05) is 56.3 Å². The smallest absolute Gasteiger partial charge is 0.260 e. The fourth-order valence-electron chi connectivity index (χ4n) is 2.96. The number of rotatable bonds is 4. The van der Waals surface area contributed by atoms with Crippen LogP contribution in [0.5, 0.6) is 5.75 Å². The maximum atomic E-state index is 13.2. The van der Waals surface area contributed by atoms with Crippen LogP contribution in [0.15, 0.2) is 53.0 Å². The normalized spacial score (nSPS) is 18.4. The maximum Gasteiger partial charge on any atom is 0.260 e. The van der Waals surface area contributed by atoms with E-state index in [2.05, 4.69) is 4.98 Å². The standard InChI is InChI=1S/C20H19N3O2S2/c1-3-25-17-7-5-4-6-15(17)22-20-23(13(2)11-26-20)19(24)14-8-9-16-18(10-14)27-12-21-16/h4-10,12-13H,3,11H2,1-2H3. The molecule has 4 rings (SSSR count). The zero-order valence-electron chi connectivity index (χ0n) is 15.1. The largest absolute Gasteiger partial charge is 0.492 e. The predicted octanol–water partition coefficient (Wildman–Crippen LogP) is 4.96. The van der Waals surface area contributed by atoms with Crippen LogP contribution in [0.4, 0.5) is 5.69 Å². The number of para-hydroxylation sites is 2. The summed E-state index contributed by atoms with van der Waals surface area (Å²) in [5.41, 5.74) is 4.11. The van der Waals surface area contributed by atoms with Gasteiger partial charge in [0.25, 0.3) is 5.91 Å². The van der Waals surface area contributed by atoms with Gasteiger partial charge in [0.05, 0.1) is 22.3 Å². The topological polar surface area (TPSA) is 54.8 Å². The number of aliphatic imine (C=N–C) groups is 1.